The molecule has 11 nitrogen and oxygen atoms in total. The van der Waals surface area contributed by atoms with Gasteiger partial charge in [0.25, 0.3) is 11.8 Å². The maximum absolute atomic E-state index is 13.1. The highest BCUT2D eigenvalue weighted by molar-refractivity contribution is 6.06. The molecule has 1 aliphatic heterocycles. The van der Waals surface area contributed by atoms with Crippen LogP contribution in [0.25, 0.3) is 11.1 Å². The Bertz CT molecular complexity index is 1310. The Morgan fingerprint density at radius 3 is 2.49 bits per heavy atom. The van der Waals surface area contributed by atoms with Crippen molar-refractivity contribution in [1.29, 1.82) is 0 Å². The van der Waals surface area contributed by atoms with Crippen molar-refractivity contribution in [2.75, 3.05) is 11.9 Å². The zero-order valence-electron chi connectivity index (χ0n) is 19.0. The van der Waals surface area contributed by atoms with Gasteiger partial charge in [0.15, 0.2) is 0 Å². The smallest absolute Gasteiger partial charge is 0.271 e. The molecule has 0 radical (unpaired) electrons. The van der Waals surface area contributed by atoms with Crippen LogP contribution in [0.4, 0.5) is 5.69 Å². The number of anilines is 1. The fourth-order valence-corrected chi connectivity index (χ4v) is 3.86. The molecule has 2 aromatic carbocycles. The highest BCUT2D eigenvalue weighted by Crippen LogP contribution is 2.35. The van der Waals surface area contributed by atoms with Crippen molar-refractivity contribution in [1.82, 2.24) is 20.4 Å². The van der Waals surface area contributed by atoms with Crippen molar-refractivity contribution in [2.45, 2.75) is 26.4 Å². The van der Waals surface area contributed by atoms with Gasteiger partial charge >= 0.3 is 0 Å². The van der Waals surface area contributed by atoms with Gasteiger partial charge in [0, 0.05) is 25.1 Å². The third-order valence-corrected chi connectivity index (χ3v) is 5.46. The topological polar surface area (TPSA) is 158 Å². The Labute approximate surface area is 200 Å². The molecule has 0 spiro atoms. The van der Waals surface area contributed by atoms with Gasteiger partial charge in [-0.25, -0.2) is 0 Å². The first kappa shape index (κ1) is 23.6. The van der Waals surface area contributed by atoms with Crippen LogP contribution in [0.5, 0.6) is 0 Å². The number of hydrogen-bond donors (Lipinski definition) is 4. The van der Waals surface area contributed by atoms with Crippen LogP contribution in [0, 0.1) is 6.92 Å². The lowest BCUT2D eigenvalue weighted by Crippen LogP contribution is -2.38. The van der Waals surface area contributed by atoms with E-state index in [1.807, 2.05) is 18.2 Å². The van der Waals surface area contributed by atoms with E-state index in [4.69, 9.17) is 4.42 Å². The van der Waals surface area contributed by atoms with Gasteiger partial charge in [-0.2, -0.15) is 0 Å². The van der Waals surface area contributed by atoms with E-state index < -0.39 is 24.5 Å². The van der Waals surface area contributed by atoms with E-state index in [0.717, 1.165) is 16.0 Å². The second kappa shape index (κ2) is 9.77. The molecule has 1 aromatic heterocycles. The summed E-state index contributed by atoms with van der Waals surface area (Å²) in [6.07, 6.45) is 0.550. The predicted molar refractivity (Wildman–Crippen MR) is 124 cm³/mol. The average molecular weight is 477 g/mol. The molecule has 11 heteroatoms. The zero-order chi connectivity index (χ0) is 25.1. The van der Waals surface area contributed by atoms with Crippen LogP contribution in [-0.2, 0) is 16.1 Å². The minimum Gasteiger partial charge on any atom is -0.513 e. The van der Waals surface area contributed by atoms with Gasteiger partial charge in [-0.1, -0.05) is 24.3 Å². The summed E-state index contributed by atoms with van der Waals surface area (Å²) >= 11 is 0. The fraction of sp³-hybridized carbons (Fsp3) is 0.208. The number of fused-ring (bicyclic) bond motifs is 1. The van der Waals surface area contributed by atoms with E-state index in [9.17, 15) is 24.6 Å². The molecule has 1 atom stereocenters. The first-order valence-corrected chi connectivity index (χ1v) is 10.7. The summed E-state index contributed by atoms with van der Waals surface area (Å²) in [7, 11) is 0. The van der Waals surface area contributed by atoms with Crippen molar-refractivity contribution in [2.24, 2.45) is 0 Å². The zero-order valence-corrected chi connectivity index (χ0v) is 19.0. The van der Waals surface area contributed by atoms with Gasteiger partial charge in [-0.05, 0) is 34.9 Å². The number of hydrogen-bond acceptors (Lipinski definition) is 8. The minimum absolute atomic E-state index is 0.00308. The lowest BCUT2D eigenvalue weighted by atomic mass is 9.97. The maximum Gasteiger partial charge on any atom is 0.271 e. The highest BCUT2D eigenvalue weighted by atomic mass is 16.4. The number of carbonyl (C=O) groups is 3. The Balaban J connectivity index is 1.57. The molecule has 0 saturated heterocycles. The normalized spacial score (nSPS) is 14.0. The first-order valence-electron chi connectivity index (χ1n) is 10.7. The molecule has 0 aliphatic carbocycles. The van der Waals surface area contributed by atoms with E-state index in [2.05, 4.69) is 20.8 Å². The summed E-state index contributed by atoms with van der Waals surface area (Å²) in [4.78, 5) is 38.5. The third kappa shape index (κ3) is 4.75. The van der Waals surface area contributed by atoms with Crippen molar-refractivity contribution >= 4 is 23.4 Å². The van der Waals surface area contributed by atoms with Crippen LogP contribution in [0.1, 0.15) is 40.7 Å². The monoisotopic (exact) mass is 477 g/mol. The van der Waals surface area contributed by atoms with Gasteiger partial charge in [-0.15, -0.1) is 10.2 Å². The van der Waals surface area contributed by atoms with Gasteiger partial charge in [0.1, 0.15) is 18.0 Å². The number of carbonyl (C=O) groups excluding carboxylic acids is 3. The molecule has 4 rings (SSSR count). The molecule has 0 saturated carbocycles. The minimum atomic E-state index is -1.02. The fourth-order valence-electron chi connectivity index (χ4n) is 3.86. The number of nitrogens with zero attached hydrogens (tertiary/aromatic N) is 3. The molecular weight excluding hydrogens is 454 g/mol. The summed E-state index contributed by atoms with van der Waals surface area (Å²) in [6, 6.07) is 11.4. The Morgan fingerprint density at radius 1 is 1.17 bits per heavy atom. The summed E-state index contributed by atoms with van der Waals surface area (Å²) in [5, 5.41) is 32.2. The third-order valence-electron chi connectivity index (χ3n) is 5.46. The number of rotatable bonds is 7. The molecule has 2 heterocycles. The van der Waals surface area contributed by atoms with E-state index in [1.165, 1.54) is 6.92 Å². The SMILES string of the molecule is CC(=O)Nc1ccc(-c2cccc3c2CN(C(=CO)C(=O)NC(CO)c2nnc(C)o2)C3=O)cc1. The Kier molecular flexibility index (Phi) is 6.60. The van der Waals surface area contributed by atoms with Crippen molar-refractivity contribution < 1.29 is 29.0 Å². The lowest BCUT2D eigenvalue weighted by molar-refractivity contribution is -0.120. The van der Waals surface area contributed by atoms with Gasteiger partial charge in [0.2, 0.25) is 17.7 Å². The molecule has 1 aliphatic rings. The van der Waals surface area contributed by atoms with E-state index >= 15 is 0 Å². The Hall–Kier alpha value is -4.51. The van der Waals surface area contributed by atoms with Crippen LogP contribution in [0.3, 0.4) is 0 Å². The molecule has 35 heavy (non-hydrogen) atoms. The summed E-state index contributed by atoms with van der Waals surface area (Å²) in [6.45, 7) is 2.50. The maximum atomic E-state index is 13.1. The lowest BCUT2D eigenvalue weighted by Gasteiger charge is -2.20. The number of aromatic nitrogens is 2. The quantitative estimate of drug-likeness (QED) is 0.298. The highest BCUT2D eigenvalue weighted by Gasteiger charge is 2.35. The number of aryl methyl sites for hydroxylation is 1. The molecule has 4 N–H and O–H groups in total. The Morgan fingerprint density at radius 2 is 1.89 bits per heavy atom. The van der Waals surface area contributed by atoms with Crippen LogP contribution >= 0.6 is 0 Å². The molecule has 3 aromatic rings. The van der Waals surface area contributed by atoms with Crippen LogP contribution in [0.15, 0.2) is 58.8 Å². The second-order valence-electron chi connectivity index (χ2n) is 7.86. The molecule has 3 amide bonds. The standard InChI is InChI=1S/C24H23N5O6/c1-13(32)25-16-8-6-15(7-9-16)17-4-3-5-18-19(17)10-29(24(18)34)21(12-31)22(33)26-20(11-30)23-28-27-14(2)35-23/h3-9,12,20,30-31H,10-11H2,1-2H3,(H,25,32)(H,26,33). The summed E-state index contributed by atoms with van der Waals surface area (Å²) in [5.74, 6) is -1.19. The van der Waals surface area contributed by atoms with Gasteiger partial charge in [0.05, 0.1) is 13.2 Å². The summed E-state index contributed by atoms with van der Waals surface area (Å²) < 4.78 is 5.26. The van der Waals surface area contributed by atoms with Crippen molar-refractivity contribution in [3.63, 3.8) is 0 Å². The number of aliphatic hydroxyl groups excluding tert-OH is 2. The predicted octanol–water partition coefficient (Wildman–Crippen LogP) is 2.21. The van der Waals surface area contributed by atoms with Crippen LogP contribution in [0.2, 0.25) is 0 Å². The number of benzene rings is 2. The van der Waals surface area contributed by atoms with E-state index in [0.29, 0.717) is 23.1 Å². The average Bonchev–Trinajstić information content (AvgIpc) is 3.41. The first-order chi connectivity index (χ1) is 16.8. The van der Waals surface area contributed by atoms with Gasteiger partial charge < -0.3 is 25.3 Å². The molecule has 180 valence electrons. The molecule has 0 fully saturated rings. The second-order valence-corrected chi connectivity index (χ2v) is 7.86. The van der Waals surface area contributed by atoms with Crippen molar-refractivity contribution in [3.8, 4) is 11.1 Å². The molecule has 0 bridgehead atoms. The van der Waals surface area contributed by atoms with Crippen LogP contribution < -0.4 is 10.6 Å². The summed E-state index contributed by atoms with van der Waals surface area (Å²) in [5.41, 5.74) is 3.02. The number of aliphatic hydroxyl groups is 2. The number of amides is 3. The van der Waals surface area contributed by atoms with E-state index in [-0.39, 0.29) is 29.9 Å². The molecular formula is C24H23N5O6. The molecule has 1 unspecified atom stereocenters. The largest absolute Gasteiger partial charge is 0.513 e. The van der Waals surface area contributed by atoms with Gasteiger partial charge in [-0.3, -0.25) is 19.3 Å². The van der Waals surface area contributed by atoms with Crippen molar-refractivity contribution in [3.05, 3.63) is 77.3 Å². The van der Waals surface area contributed by atoms with E-state index in [1.54, 1.807) is 31.2 Å². The number of nitrogens with one attached hydrogen (secondary N) is 2. The van der Waals surface area contributed by atoms with Crippen LogP contribution in [-0.4, -0.2) is 49.6 Å².